The smallest absolute Gasteiger partial charge is 0.266 e. The minimum Gasteiger partial charge on any atom is -0.497 e. The van der Waals surface area contributed by atoms with Crippen molar-refractivity contribution in [3.8, 4) is 5.75 Å². The number of thiocarbonyl (C=S) groups is 1. The summed E-state index contributed by atoms with van der Waals surface area (Å²) < 4.78 is 5.84. The van der Waals surface area contributed by atoms with E-state index in [1.807, 2.05) is 54.6 Å². The van der Waals surface area contributed by atoms with Crippen LogP contribution in [0.5, 0.6) is 5.75 Å². The summed E-state index contributed by atoms with van der Waals surface area (Å²) >= 11 is 6.76. The zero-order valence-corrected chi connectivity index (χ0v) is 16.9. The summed E-state index contributed by atoms with van der Waals surface area (Å²) in [6.07, 6.45) is 2.59. The predicted molar refractivity (Wildman–Crippen MR) is 118 cm³/mol. The van der Waals surface area contributed by atoms with Crippen LogP contribution in [0.2, 0.25) is 0 Å². The summed E-state index contributed by atoms with van der Waals surface area (Å²) in [5, 5.41) is 0.993. The van der Waals surface area contributed by atoms with Gasteiger partial charge in [-0.15, -0.1) is 0 Å². The summed E-state index contributed by atoms with van der Waals surface area (Å²) in [4.78, 5) is 19.7. The first kappa shape index (κ1) is 18.7. The molecule has 4 rings (SSSR count). The van der Waals surface area contributed by atoms with Crippen molar-refractivity contribution >= 4 is 51.2 Å². The van der Waals surface area contributed by atoms with Crippen LogP contribution < -0.4 is 4.74 Å². The van der Waals surface area contributed by atoms with Gasteiger partial charge in [-0.3, -0.25) is 9.69 Å². The van der Waals surface area contributed by atoms with Crippen molar-refractivity contribution in [1.82, 2.24) is 9.88 Å². The van der Waals surface area contributed by atoms with Gasteiger partial charge in [0.25, 0.3) is 5.91 Å². The van der Waals surface area contributed by atoms with Crippen molar-refractivity contribution in [2.45, 2.75) is 6.42 Å². The first-order valence-electron chi connectivity index (χ1n) is 8.88. The van der Waals surface area contributed by atoms with Crippen LogP contribution in [0, 0.1) is 0 Å². The zero-order chi connectivity index (χ0) is 19.5. The van der Waals surface area contributed by atoms with Gasteiger partial charge in [-0.1, -0.05) is 60.4 Å². The molecular weight excluding hydrogens is 388 g/mol. The van der Waals surface area contributed by atoms with Crippen LogP contribution in [0.3, 0.4) is 0 Å². The van der Waals surface area contributed by atoms with Crippen LogP contribution in [0.15, 0.2) is 65.6 Å². The van der Waals surface area contributed by atoms with Crippen LogP contribution in [0.4, 0.5) is 0 Å². The minimum absolute atomic E-state index is 0.0532. The summed E-state index contributed by atoms with van der Waals surface area (Å²) in [6.45, 7) is 0.580. The molecule has 3 aromatic rings. The molecule has 1 aromatic heterocycles. The number of thioether (sulfide) groups is 1. The molecule has 0 radical (unpaired) electrons. The number of rotatable bonds is 5. The van der Waals surface area contributed by atoms with Crippen molar-refractivity contribution in [1.29, 1.82) is 0 Å². The van der Waals surface area contributed by atoms with E-state index < -0.39 is 0 Å². The van der Waals surface area contributed by atoms with E-state index in [2.05, 4.69) is 17.1 Å². The van der Waals surface area contributed by atoms with E-state index in [1.54, 1.807) is 12.0 Å². The van der Waals surface area contributed by atoms with Gasteiger partial charge in [0, 0.05) is 11.9 Å². The molecule has 0 saturated carbocycles. The van der Waals surface area contributed by atoms with Gasteiger partial charge in [-0.25, -0.2) is 4.98 Å². The molecule has 0 unspecified atom stereocenters. The lowest BCUT2D eigenvalue weighted by molar-refractivity contribution is -0.122. The van der Waals surface area contributed by atoms with Crippen molar-refractivity contribution in [2.75, 3.05) is 13.7 Å². The molecule has 0 aliphatic carbocycles. The van der Waals surface area contributed by atoms with Crippen LogP contribution in [0.1, 0.15) is 11.3 Å². The lowest BCUT2D eigenvalue weighted by Gasteiger charge is -2.14. The Morgan fingerprint density at radius 3 is 2.75 bits per heavy atom. The Hall–Kier alpha value is -2.70. The van der Waals surface area contributed by atoms with Crippen molar-refractivity contribution in [3.05, 3.63) is 76.8 Å². The first-order chi connectivity index (χ1) is 13.6. The Balaban J connectivity index is 1.52. The Morgan fingerprint density at radius 2 is 1.96 bits per heavy atom. The van der Waals surface area contributed by atoms with Gasteiger partial charge in [0.1, 0.15) is 10.1 Å². The molecule has 1 saturated heterocycles. The van der Waals surface area contributed by atoms with E-state index >= 15 is 0 Å². The maximum Gasteiger partial charge on any atom is 0.266 e. The predicted octanol–water partition coefficient (Wildman–Crippen LogP) is 4.69. The Morgan fingerprint density at radius 1 is 1.14 bits per heavy atom. The fourth-order valence-corrected chi connectivity index (χ4v) is 4.33. The number of hydrogen-bond donors (Lipinski definition) is 0. The lowest BCUT2D eigenvalue weighted by Crippen LogP contribution is -2.30. The summed E-state index contributed by atoms with van der Waals surface area (Å²) in [5.41, 5.74) is 2.78. The Labute approximate surface area is 173 Å². The van der Waals surface area contributed by atoms with Gasteiger partial charge >= 0.3 is 0 Å². The standard InChI is InChI=1S/C22H18N2O2S2/c1-26-18-9-10-19-16(13-18)7-8-17(23-19)14-20-21(25)24(22(27)28-20)12-11-15-5-3-2-4-6-15/h2-10,13-14H,11-12H2,1H3. The van der Waals surface area contributed by atoms with Crippen LogP contribution in [0.25, 0.3) is 17.0 Å². The van der Waals surface area contributed by atoms with Gasteiger partial charge in [0.2, 0.25) is 0 Å². The highest BCUT2D eigenvalue weighted by atomic mass is 32.2. The molecule has 1 amide bonds. The minimum atomic E-state index is -0.0532. The maximum atomic E-state index is 12.8. The van der Waals surface area contributed by atoms with Gasteiger partial charge in [0.15, 0.2) is 0 Å². The molecule has 0 N–H and O–H groups in total. The highest BCUT2D eigenvalue weighted by molar-refractivity contribution is 8.26. The Kier molecular flexibility index (Phi) is 5.41. The molecule has 4 nitrogen and oxygen atoms in total. The number of carbonyl (C=O) groups excluding carboxylic acids is 1. The van der Waals surface area contributed by atoms with E-state index in [0.717, 1.165) is 28.8 Å². The van der Waals surface area contributed by atoms with E-state index in [9.17, 15) is 4.79 Å². The average molecular weight is 407 g/mol. The summed E-state index contributed by atoms with van der Waals surface area (Å²) in [6, 6.07) is 19.7. The second-order valence-electron chi connectivity index (χ2n) is 6.36. The number of carbonyl (C=O) groups is 1. The monoisotopic (exact) mass is 406 g/mol. The van der Waals surface area contributed by atoms with Crippen molar-refractivity contribution < 1.29 is 9.53 Å². The molecule has 0 spiro atoms. The number of amides is 1. The molecule has 0 bridgehead atoms. The molecule has 1 aliphatic heterocycles. The zero-order valence-electron chi connectivity index (χ0n) is 15.3. The lowest BCUT2D eigenvalue weighted by atomic mass is 10.1. The number of benzene rings is 2. The number of methoxy groups -OCH3 is 1. The SMILES string of the molecule is COc1ccc2nc(C=C3SC(=S)N(CCc4ccccc4)C3=O)ccc2c1. The molecule has 28 heavy (non-hydrogen) atoms. The molecule has 140 valence electrons. The third kappa shape index (κ3) is 3.93. The van der Waals surface area contributed by atoms with Gasteiger partial charge in [-0.05, 0) is 42.3 Å². The Bertz CT molecular complexity index is 1080. The molecular formula is C22H18N2O2S2. The van der Waals surface area contributed by atoms with E-state index in [4.69, 9.17) is 17.0 Å². The fraction of sp³-hybridized carbons (Fsp3) is 0.136. The number of aromatic nitrogens is 1. The van der Waals surface area contributed by atoms with Crippen LogP contribution in [-0.2, 0) is 11.2 Å². The quantitative estimate of drug-likeness (QED) is 0.454. The van der Waals surface area contributed by atoms with Gasteiger partial charge in [0.05, 0.1) is 23.2 Å². The van der Waals surface area contributed by atoms with Crippen molar-refractivity contribution in [2.24, 2.45) is 0 Å². The molecule has 6 heteroatoms. The second kappa shape index (κ2) is 8.12. The largest absolute Gasteiger partial charge is 0.497 e. The highest BCUT2D eigenvalue weighted by Crippen LogP contribution is 2.32. The topological polar surface area (TPSA) is 42.4 Å². The van der Waals surface area contributed by atoms with Gasteiger partial charge in [-0.2, -0.15) is 0 Å². The third-order valence-corrected chi connectivity index (χ3v) is 5.92. The van der Waals surface area contributed by atoms with Crippen LogP contribution in [-0.4, -0.2) is 33.8 Å². The molecule has 2 aromatic carbocycles. The number of ether oxygens (including phenoxy) is 1. The maximum absolute atomic E-state index is 12.8. The number of hydrogen-bond acceptors (Lipinski definition) is 5. The number of pyridine rings is 1. The third-order valence-electron chi connectivity index (χ3n) is 4.54. The summed E-state index contributed by atoms with van der Waals surface area (Å²) in [5.74, 6) is 0.740. The normalized spacial score (nSPS) is 15.6. The summed E-state index contributed by atoms with van der Waals surface area (Å²) in [7, 11) is 1.64. The highest BCUT2D eigenvalue weighted by Gasteiger charge is 2.31. The molecule has 1 fully saturated rings. The molecule has 1 aliphatic rings. The first-order valence-corrected chi connectivity index (χ1v) is 10.1. The van der Waals surface area contributed by atoms with Crippen LogP contribution >= 0.6 is 24.0 Å². The number of nitrogens with zero attached hydrogens (tertiary/aromatic N) is 2. The average Bonchev–Trinajstić information content (AvgIpc) is 2.99. The van der Waals surface area contributed by atoms with E-state index in [1.165, 1.54) is 17.3 Å². The number of fused-ring (bicyclic) bond motifs is 1. The molecule has 2 heterocycles. The fourth-order valence-electron chi connectivity index (χ4n) is 3.04. The van der Waals surface area contributed by atoms with E-state index in [0.29, 0.717) is 15.8 Å². The van der Waals surface area contributed by atoms with E-state index in [-0.39, 0.29) is 5.91 Å². The molecule has 0 atom stereocenters. The van der Waals surface area contributed by atoms with Crippen molar-refractivity contribution in [3.63, 3.8) is 0 Å². The second-order valence-corrected chi connectivity index (χ2v) is 8.04. The van der Waals surface area contributed by atoms with Gasteiger partial charge < -0.3 is 4.74 Å².